The van der Waals surface area contributed by atoms with Crippen molar-refractivity contribution in [1.82, 2.24) is 4.57 Å². The van der Waals surface area contributed by atoms with Crippen LogP contribution in [0.15, 0.2) is 114 Å². The average Bonchev–Trinajstić information content (AvgIpc) is 3.26. The van der Waals surface area contributed by atoms with Crippen LogP contribution in [0.1, 0.15) is 5.56 Å². The molecule has 1 amide bonds. The quantitative estimate of drug-likeness (QED) is 0.268. The molecule has 0 fully saturated rings. The predicted molar refractivity (Wildman–Crippen MR) is 141 cm³/mol. The first-order valence-electron chi connectivity index (χ1n) is 11.6. The molecular formula is C29H23FN2O4S. The summed E-state index contributed by atoms with van der Waals surface area (Å²) in [5, 5.41) is 3.37. The van der Waals surface area contributed by atoms with Crippen LogP contribution in [0.5, 0.6) is 11.5 Å². The fourth-order valence-electron chi connectivity index (χ4n) is 4.06. The fraction of sp³-hybridized carbons (Fsp3) is 0.0690. The van der Waals surface area contributed by atoms with Gasteiger partial charge in [-0.1, -0.05) is 48.5 Å². The maximum absolute atomic E-state index is 13.2. The third kappa shape index (κ3) is 5.70. The van der Waals surface area contributed by atoms with E-state index in [9.17, 15) is 17.6 Å². The Labute approximate surface area is 213 Å². The standard InChI is InChI=1S/C29H23FN2O4S/c30-22-12-10-21(11-13-22)20-37(34,35)28-18-32(27-9-5-4-8-26(27)28)19-29(33)31-23-14-16-25(17-15-23)36-24-6-2-1-3-7-24/h1-18H,19-20H2,(H,31,33). The van der Waals surface area contributed by atoms with Crippen molar-refractivity contribution in [2.24, 2.45) is 0 Å². The van der Waals surface area contributed by atoms with Gasteiger partial charge in [-0.3, -0.25) is 4.79 Å². The number of anilines is 1. The van der Waals surface area contributed by atoms with Crippen LogP contribution in [-0.2, 0) is 26.9 Å². The van der Waals surface area contributed by atoms with Gasteiger partial charge in [0.1, 0.15) is 23.9 Å². The molecule has 1 N–H and O–H groups in total. The lowest BCUT2D eigenvalue weighted by molar-refractivity contribution is -0.116. The van der Waals surface area contributed by atoms with Gasteiger partial charge in [0, 0.05) is 22.8 Å². The third-order valence-electron chi connectivity index (χ3n) is 5.79. The molecule has 0 aliphatic rings. The first-order valence-corrected chi connectivity index (χ1v) is 13.2. The molecule has 0 aliphatic heterocycles. The van der Waals surface area contributed by atoms with Crippen molar-refractivity contribution in [3.63, 3.8) is 0 Å². The Hall–Kier alpha value is -4.43. The monoisotopic (exact) mass is 514 g/mol. The number of amides is 1. The SMILES string of the molecule is O=C(Cn1cc(S(=O)(=O)Cc2ccc(F)cc2)c2ccccc21)Nc1ccc(Oc2ccccc2)cc1. The van der Waals surface area contributed by atoms with Gasteiger partial charge >= 0.3 is 0 Å². The lowest BCUT2D eigenvalue weighted by Gasteiger charge is -2.09. The Morgan fingerprint density at radius 3 is 2.19 bits per heavy atom. The number of nitrogens with one attached hydrogen (secondary N) is 1. The highest BCUT2D eigenvalue weighted by Crippen LogP contribution is 2.28. The highest BCUT2D eigenvalue weighted by Gasteiger charge is 2.22. The minimum Gasteiger partial charge on any atom is -0.457 e. The summed E-state index contributed by atoms with van der Waals surface area (Å²) in [6.07, 6.45) is 1.49. The molecule has 8 heteroatoms. The van der Waals surface area contributed by atoms with E-state index in [1.54, 1.807) is 53.1 Å². The topological polar surface area (TPSA) is 77.4 Å². The Kier molecular flexibility index (Phi) is 6.74. The van der Waals surface area contributed by atoms with E-state index in [0.717, 1.165) is 0 Å². The summed E-state index contributed by atoms with van der Waals surface area (Å²) in [4.78, 5) is 13.0. The molecular weight excluding hydrogens is 491 g/mol. The third-order valence-corrected chi connectivity index (χ3v) is 7.50. The number of hydrogen-bond acceptors (Lipinski definition) is 4. The number of rotatable bonds is 8. The van der Waals surface area contributed by atoms with Crippen LogP contribution in [0.25, 0.3) is 10.9 Å². The number of ether oxygens (including phenoxy) is 1. The van der Waals surface area contributed by atoms with Gasteiger partial charge < -0.3 is 14.6 Å². The largest absolute Gasteiger partial charge is 0.457 e. The smallest absolute Gasteiger partial charge is 0.244 e. The molecule has 1 aromatic heterocycles. The lowest BCUT2D eigenvalue weighted by Crippen LogP contribution is -2.18. The first kappa shape index (κ1) is 24.3. The van der Waals surface area contributed by atoms with Crippen molar-refractivity contribution in [3.8, 4) is 11.5 Å². The first-order chi connectivity index (χ1) is 17.9. The molecule has 186 valence electrons. The molecule has 0 aliphatic carbocycles. The number of sulfone groups is 1. The molecule has 0 spiro atoms. The van der Waals surface area contributed by atoms with Crippen molar-refractivity contribution < 1.29 is 22.3 Å². The number of hydrogen-bond donors (Lipinski definition) is 1. The molecule has 0 bridgehead atoms. The molecule has 5 aromatic rings. The van der Waals surface area contributed by atoms with E-state index in [0.29, 0.717) is 33.7 Å². The number of nitrogens with zero attached hydrogens (tertiary/aromatic N) is 1. The summed E-state index contributed by atoms with van der Waals surface area (Å²) in [6, 6.07) is 28.8. The van der Waals surface area contributed by atoms with Crippen molar-refractivity contribution in [2.45, 2.75) is 17.2 Å². The van der Waals surface area contributed by atoms with Crippen molar-refractivity contribution >= 4 is 32.3 Å². The summed E-state index contributed by atoms with van der Waals surface area (Å²) in [6.45, 7) is -0.0746. The van der Waals surface area contributed by atoms with Crippen LogP contribution in [0, 0.1) is 5.82 Å². The van der Waals surface area contributed by atoms with Gasteiger partial charge in [0.25, 0.3) is 0 Å². The molecule has 0 saturated carbocycles. The maximum atomic E-state index is 13.2. The molecule has 37 heavy (non-hydrogen) atoms. The number of halogens is 1. The Morgan fingerprint density at radius 1 is 0.811 bits per heavy atom. The zero-order valence-electron chi connectivity index (χ0n) is 19.7. The van der Waals surface area contributed by atoms with E-state index in [1.165, 1.54) is 30.5 Å². The van der Waals surface area contributed by atoms with Gasteiger partial charge in [-0.05, 0) is 60.2 Å². The zero-order valence-corrected chi connectivity index (χ0v) is 20.5. The minimum absolute atomic E-state index is 0.0746. The molecule has 0 unspecified atom stereocenters. The van der Waals surface area contributed by atoms with Gasteiger partial charge in [0.2, 0.25) is 5.91 Å². The van der Waals surface area contributed by atoms with E-state index >= 15 is 0 Å². The molecule has 0 saturated heterocycles. The average molecular weight is 515 g/mol. The number of para-hydroxylation sites is 2. The van der Waals surface area contributed by atoms with Gasteiger partial charge in [0.05, 0.1) is 10.6 Å². The number of benzene rings is 4. The van der Waals surface area contributed by atoms with Crippen LogP contribution in [-0.4, -0.2) is 18.9 Å². The van der Waals surface area contributed by atoms with Gasteiger partial charge in [-0.2, -0.15) is 0 Å². The summed E-state index contributed by atoms with van der Waals surface area (Å²) >= 11 is 0. The van der Waals surface area contributed by atoms with Crippen molar-refractivity contribution in [3.05, 3.63) is 121 Å². The molecule has 4 aromatic carbocycles. The molecule has 5 rings (SSSR count). The number of carbonyl (C=O) groups excluding carboxylic acids is 1. The Morgan fingerprint density at radius 2 is 1.46 bits per heavy atom. The summed E-state index contributed by atoms with van der Waals surface area (Å²) in [7, 11) is -3.75. The van der Waals surface area contributed by atoms with Crippen LogP contribution in [0.3, 0.4) is 0 Å². The van der Waals surface area contributed by atoms with E-state index < -0.39 is 15.7 Å². The van der Waals surface area contributed by atoms with E-state index in [-0.39, 0.29) is 23.1 Å². The fourth-order valence-corrected chi connectivity index (χ4v) is 5.64. The molecule has 6 nitrogen and oxygen atoms in total. The normalized spacial score (nSPS) is 11.4. The second kappa shape index (κ2) is 10.3. The van der Waals surface area contributed by atoms with Crippen molar-refractivity contribution in [1.29, 1.82) is 0 Å². The van der Waals surface area contributed by atoms with Crippen LogP contribution in [0.2, 0.25) is 0 Å². The Bertz CT molecular complexity index is 1650. The van der Waals surface area contributed by atoms with Crippen molar-refractivity contribution in [2.75, 3.05) is 5.32 Å². The molecule has 1 heterocycles. The summed E-state index contributed by atoms with van der Waals surface area (Å²) in [5.41, 5.74) is 1.70. The van der Waals surface area contributed by atoms with E-state index in [4.69, 9.17) is 4.74 Å². The van der Waals surface area contributed by atoms with E-state index in [2.05, 4.69) is 5.32 Å². The van der Waals surface area contributed by atoms with Gasteiger partial charge in [0.15, 0.2) is 9.84 Å². The number of carbonyl (C=O) groups is 1. The number of fused-ring (bicyclic) bond motifs is 1. The highest BCUT2D eigenvalue weighted by atomic mass is 32.2. The predicted octanol–water partition coefficient (Wildman–Crippen LogP) is 6.19. The highest BCUT2D eigenvalue weighted by molar-refractivity contribution is 7.90. The Balaban J connectivity index is 1.32. The molecule has 0 atom stereocenters. The second-order valence-corrected chi connectivity index (χ2v) is 10.5. The summed E-state index contributed by atoms with van der Waals surface area (Å²) in [5.74, 6) is 0.341. The van der Waals surface area contributed by atoms with Gasteiger partial charge in [-0.25, -0.2) is 12.8 Å². The second-order valence-electron chi connectivity index (χ2n) is 8.51. The van der Waals surface area contributed by atoms with Crippen LogP contribution < -0.4 is 10.1 Å². The van der Waals surface area contributed by atoms with Crippen LogP contribution in [0.4, 0.5) is 10.1 Å². The summed E-state index contributed by atoms with van der Waals surface area (Å²) < 4.78 is 47.1. The maximum Gasteiger partial charge on any atom is 0.244 e. The number of aromatic nitrogens is 1. The zero-order chi connectivity index (χ0) is 25.8. The lowest BCUT2D eigenvalue weighted by atomic mass is 10.2. The van der Waals surface area contributed by atoms with E-state index in [1.807, 2.05) is 30.3 Å². The van der Waals surface area contributed by atoms with Gasteiger partial charge in [-0.15, -0.1) is 0 Å². The molecule has 0 radical (unpaired) electrons. The minimum atomic E-state index is -3.75. The van der Waals surface area contributed by atoms with Crippen LogP contribution >= 0.6 is 0 Å².